The molecule has 1 aromatic heterocycles. The molecule has 1 aliphatic heterocycles. The second kappa shape index (κ2) is 6.63. The summed E-state index contributed by atoms with van der Waals surface area (Å²) in [6, 6.07) is 6.17. The maximum atomic E-state index is 5.60. The number of aryl methyl sites for hydroxylation is 1. The summed E-state index contributed by atoms with van der Waals surface area (Å²) in [7, 11) is 0. The lowest BCUT2D eigenvalue weighted by Gasteiger charge is -2.18. The van der Waals surface area contributed by atoms with Gasteiger partial charge in [-0.15, -0.1) is 0 Å². The van der Waals surface area contributed by atoms with Crippen molar-refractivity contribution in [3.63, 3.8) is 0 Å². The van der Waals surface area contributed by atoms with Gasteiger partial charge in [-0.25, -0.2) is 4.98 Å². The van der Waals surface area contributed by atoms with E-state index in [-0.39, 0.29) is 0 Å². The van der Waals surface area contributed by atoms with E-state index in [9.17, 15) is 0 Å². The molecular weight excluding hydrogens is 266 g/mol. The standard InChI is InChI=1S/C16H21N3O2/c1-2-19-8-7-18-16(19)12-17-6-5-13-3-4-14-15(11-13)21-10-9-20-14/h3-4,7-8,11,17H,2,5-6,9-10,12H2,1H3. The molecule has 112 valence electrons. The van der Waals surface area contributed by atoms with Crippen molar-refractivity contribution < 1.29 is 9.47 Å². The normalized spacial score (nSPS) is 13.4. The summed E-state index contributed by atoms with van der Waals surface area (Å²) in [4.78, 5) is 4.35. The van der Waals surface area contributed by atoms with Crippen molar-refractivity contribution in [1.82, 2.24) is 14.9 Å². The van der Waals surface area contributed by atoms with Gasteiger partial charge in [-0.05, 0) is 37.6 Å². The minimum absolute atomic E-state index is 0.633. The first-order chi connectivity index (χ1) is 10.4. The lowest BCUT2D eigenvalue weighted by molar-refractivity contribution is 0.171. The Morgan fingerprint density at radius 1 is 1.24 bits per heavy atom. The molecule has 0 fully saturated rings. The highest BCUT2D eigenvalue weighted by molar-refractivity contribution is 5.43. The van der Waals surface area contributed by atoms with Gasteiger partial charge in [0.2, 0.25) is 0 Å². The minimum atomic E-state index is 0.633. The summed E-state index contributed by atoms with van der Waals surface area (Å²) in [6.45, 7) is 6.06. The molecule has 5 heteroatoms. The van der Waals surface area contributed by atoms with Gasteiger partial charge in [0, 0.05) is 18.9 Å². The van der Waals surface area contributed by atoms with E-state index >= 15 is 0 Å². The molecule has 2 aromatic rings. The zero-order valence-electron chi connectivity index (χ0n) is 12.3. The van der Waals surface area contributed by atoms with Crippen LogP contribution in [0, 0.1) is 0 Å². The van der Waals surface area contributed by atoms with Crippen molar-refractivity contribution in [2.45, 2.75) is 26.4 Å². The van der Waals surface area contributed by atoms with Gasteiger partial charge in [0.1, 0.15) is 19.0 Å². The summed E-state index contributed by atoms with van der Waals surface area (Å²) in [5.41, 5.74) is 1.26. The summed E-state index contributed by atoms with van der Waals surface area (Å²) in [5, 5.41) is 3.44. The Bertz CT molecular complexity index is 595. The summed E-state index contributed by atoms with van der Waals surface area (Å²) in [6.07, 6.45) is 4.82. The Morgan fingerprint density at radius 3 is 2.95 bits per heavy atom. The van der Waals surface area contributed by atoms with E-state index in [0.717, 1.165) is 43.4 Å². The Kier molecular flexibility index (Phi) is 4.40. The predicted molar refractivity (Wildman–Crippen MR) is 80.7 cm³/mol. The van der Waals surface area contributed by atoms with Gasteiger partial charge in [-0.3, -0.25) is 0 Å². The highest BCUT2D eigenvalue weighted by Gasteiger charge is 2.11. The Morgan fingerprint density at radius 2 is 2.10 bits per heavy atom. The van der Waals surface area contributed by atoms with Crippen molar-refractivity contribution in [1.29, 1.82) is 0 Å². The number of nitrogens with zero attached hydrogens (tertiary/aromatic N) is 2. The number of ether oxygens (including phenoxy) is 2. The lowest BCUT2D eigenvalue weighted by atomic mass is 10.1. The van der Waals surface area contributed by atoms with Crippen LogP contribution in [0.4, 0.5) is 0 Å². The SMILES string of the molecule is CCn1ccnc1CNCCc1ccc2c(c1)OCCO2. The summed E-state index contributed by atoms with van der Waals surface area (Å²) in [5.74, 6) is 2.79. The first kappa shape index (κ1) is 13.9. The van der Waals surface area contributed by atoms with Crippen LogP contribution < -0.4 is 14.8 Å². The van der Waals surface area contributed by atoms with Gasteiger partial charge in [0.15, 0.2) is 11.5 Å². The summed E-state index contributed by atoms with van der Waals surface area (Å²) >= 11 is 0. The van der Waals surface area contributed by atoms with Gasteiger partial charge in [-0.1, -0.05) is 6.07 Å². The molecule has 0 aliphatic carbocycles. The van der Waals surface area contributed by atoms with Crippen LogP contribution in [0.5, 0.6) is 11.5 Å². The minimum Gasteiger partial charge on any atom is -0.486 e. The van der Waals surface area contributed by atoms with Crippen molar-refractivity contribution in [2.75, 3.05) is 19.8 Å². The molecule has 0 atom stereocenters. The van der Waals surface area contributed by atoms with Crippen LogP contribution in [0.1, 0.15) is 18.3 Å². The van der Waals surface area contributed by atoms with Crippen LogP contribution in [0.3, 0.4) is 0 Å². The zero-order chi connectivity index (χ0) is 14.5. The Hall–Kier alpha value is -2.01. The highest BCUT2D eigenvalue weighted by atomic mass is 16.6. The van der Waals surface area contributed by atoms with Crippen LogP contribution in [-0.2, 0) is 19.5 Å². The molecule has 0 spiro atoms. The molecule has 3 rings (SSSR count). The number of imidazole rings is 1. The fourth-order valence-corrected chi connectivity index (χ4v) is 2.47. The van der Waals surface area contributed by atoms with Crippen molar-refractivity contribution in [2.24, 2.45) is 0 Å². The molecule has 1 N–H and O–H groups in total. The largest absolute Gasteiger partial charge is 0.486 e. The van der Waals surface area contributed by atoms with Crippen LogP contribution >= 0.6 is 0 Å². The maximum absolute atomic E-state index is 5.60. The second-order valence-electron chi connectivity index (χ2n) is 5.03. The molecule has 0 bridgehead atoms. The first-order valence-electron chi connectivity index (χ1n) is 7.46. The Labute approximate surface area is 124 Å². The van der Waals surface area contributed by atoms with Crippen molar-refractivity contribution >= 4 is 0 Å². The lowest BCUT2D eigenvalue weighted by Crippen LogP contribution is -2.20. The number of fused-ring (bicyclic) bond motifs is 1. The predicted octanol–water partition coefficient (Wildman–Crippen LogP) is 2.01. The van der Waals surface area contributed by atoms with Gasteiger partial charge in [0.25, 0.3) is 0 Å². The number of rotatable bonds is 6. The molecule has 1 aliphatic rings. The monoisotopic (exact) mass is 287 g/mol. The summed E-state index contributed by atoms with van der Waals surface area (Å²) < 4.78 is 13.3. The van der Waals surface area contributed by atoms with Crippen LogP contribution in [0.25, 0.3) is 0 Å². The van der Waals surface area contributed by atoms with E-state index < -0.39 is 0 Å². The number of benzene rings is 1. The van der Waals surface area contributed by atoms with E-state index in [0.29, 0.717) is 13.2 Å². The highest BCUT2D eigenvalue weighted by Crippen LogP contribution is 2.30. The molecule has 0 radical (unpaired) electrons. The average molecular weight is 287 g/mol. The molecule has 21 heavy (non-hydrogen) atoms. The molecule has 0 unspecified atom stereocenters. The van der Waals surface area contributed by atoms with Crippen LogP contribution in [0.15, 0.2) is 30.6 Å². The fourth-order valence-electron chi connectivity index (χ4n) is 2.47. The molecule has 5 nitrogen and oxygen atoms in total. The van der Waals surface area contributed by atoms with E-state index in [1.807, 2.05) is 18.5 Å². The maximum Gasteiger partial charge on any atom is 0.161 e. The first-order valence-corrected chi connectivity index (χ1v) is 7.46. The van der Waals surface area contributed by atoms with Gasteiger partial charge >= 0.3 is 0 Å². The average Bonchev–Trinajstić information content (AvgIpc) is 2.99. The molecule has 0 saturated carbocycles. The third kappa shape index (κ3) is 3.36. The molecule has 1 aromatic carbocycles. The number of hydrogen-bond acceptors (Lipinski definition) is 4. The zero-order valence-corrected chi connectivity index (χ0v) is 12.3. The van der Waals surface area contributed by atoms with Crippen LogP contribution in [-0.4, -0.2) is 29.3 Å². The fraction of sp³-hybridized carbons (Fsp3) is 0.438. The number of nitrogens with one attached hydrogen (secondary N) is 1. The Balaban J connectivity index is 1.49. The van der Waals surface area contributed by atoms with Gasteiger partial charge in [0.05, 0.1) is 6.54 Å². The molecule has 2 heterocycles. The van der Waals surface area contributed by atoms with Crippen molar-refractivity contribution in [3.8, 4) is 11.5 Å². The van der Waals surface area contributed by atoms with Crippen LogP contribution in [0.2, 0.25) is 0 Å². The third-order valence-electron chi connectivity index (χ3n) is 3.62. The van der Waals surface area contributed by atoms with E-state index in [1.54, 1.807) is 0 Å². The number of hydrogen-bond donors (Lipinski definition) is 1. The van der Waals surface area contributed by atoms with E-state index in [2.05, 4.69) is 33.9 Å². The number of aromatic nitrogens is 2. The molecule has 0 amide bonds. The smallest absolute Gasteiger partial charge is 0.161 e. The van der Waals surface area contributed by atoms with E-state index in [1.165, 1.54) is 5.56 Å². The van der Waals surface area contributed by atoms with E-state index in [4.69, 9.17) is 9.47 Å². The second-order valence-corrected chi connectivity index (χ2v) is 5.03. The van der Waals surface area contributed by atoms with Crippen molar-refractivity contribution in [3.05, 3.63) is 42.0 Å². The van der Waals surface area contributed by atoms with Gasteiger partial charge in [-0.2, -0.15) is 0 Å². The molecular formula is C16H21N3O2. The van der Waals surface area contributed by atoms with Gasteiger partial charge < -0.3 is 19.4 Å². The topological polar surface area (TPSA) is 48.3 Å². The quantitative estimate of drug-likeness (QED) is 0.826. The third-order valence-corrected chi connectivity index (χ3v) is 3.62. The molecule has 0 saturated heterocycles.